The van der Waals surface area contributed by atoms with Gasteiger partial charge in [-0.1, -0.05) is 0 Å². The molecule has 0 aromatic rings. The fourth-order valence-corrected chi connectivity index (χ4v) is 0.768. The summed E-state index contributed by atoms with van der Waals surface area (Å²) in [5.41, 5.74) is -0.348. The van der Waals surface area contributed by atoms with Gasteiger partial charge in [-0.25, -0.2) is 4.79 Å². The summed E-state index contributed by atoms with van der Waals surface area (Å²) in [6, 6.07) is 0. The monoisotopic (exact) mass is 169 g/mol. The molecule has 0 saturated heterocycles. The number of hydrogen-bond acceptors (Lipinski definition) is 4. The van der Waals surface area contributed by atoms with E-state index in [9.17, 15) is 4.79 Å². The first kappa shape index (κ1) is 8.77. The fourth-order valence-electron chi connectivity index (χ4n) is 0.768. The molecule has 0 unspecified atom stereocenters. The molecule has 0 saturated carbocycles. The summed E-state index contributed by atoms with van der Waals surface area (Å²) in [5, 5.41) is 3.48. The number of carbonyl (C=O) groups excluding carboxylic acids is 1. The van der Waals surface area contributed by atoms with Gasteiger partial charge in [0.15, 0.2) is 0 Å². The van der Waals surface area contributed by atoms with Crippen molar-refractivity contribution in [3.05, 3.63) is 12.2 Å². The number of nitrogens with zero attached hydrogens (tertiary/aromatic N) is 1. The Morgan fingerprint density at radius 2 is 2.33 bits per heavy atom. The van der Waals surface area contributed by atoms with E-state index in [2.05, 4.69) is 9.99 Å². The highest BCUT2D eigenvalue weighted by Crippen LogP contribution is 2.18. The molecular formula is C8H11NO3. The molecule has 0 atom stereocenters. The smallest absolute Gasteiger partial charge is 0.332 e. The van der Waals surface area contributed by atoms with Gasteiger partial charge in [-0.05, 0) is 25.1 Å². The number of carbonyl (C=O) groups is 1. The average molecular weight is 169 g/mol. The van der Waals surface area contributed by atoms with Crippen LogP contribution in [0.1, 0.15) is 20.8 Å². The van der Waals surface area contributed by atoms with Crippen molar-refractivity contribution in [3.63, 3.8) is 0 Å². The fraction of sp³-hybridized carbons (Fsp3) is 0.500. The van der Waals surface area contributed by atoms with Crippen molar-refractivity contribution in [1.29, 1.82) is 0 Å². The first-order chi connectivity index (χ1) is 5.49. The molecule has 0 fully saturated rings. The lowest BCUT2D eigenvalue weighted by Crippen LogP contribution is -2.18. The highest BCUT2D eigenvalue weighted by molar-refractivity contribution is 5.90. The van der Waals surface area contributed by atoms with Crippen molar-refractivity contribution in [2.45, 2.75) is 26.4 Å². The normalized spacial score (nSPS) is 22.4. The van der Waals surface area contributed by atoms with Crippen molar-refractivity contribution in [1.82, 2.24) is 0 Å². The van der Waals surface area contributed by atoms with Crippen molar-refractivity contribution in [2.24, 2.45) is 5.16 Å². The van der Waals surface area contributed by atoms with Gasteiger partial charge in [0.1, 0.15) is 5.60 Å². The summed E-state index contributed by atoms with van der Waals surface area (Å²) in [6.45, 7) is 5.06. The summed E-state index contributed by atoms with van der Waals surface area (Å²) in [7, 11) is 0. The Kier molecular flexibility index (Phi) is 2.17. The number of ether oxygens (including phenoxy) is 1. The number of oxime groups is 1. The molecule has 12 heavy (non-hydrogen) atoms. The van der Waals surface area contributed by atoms with Crippen LogP contribution in [0.3, 0.4) is 0 Å². The first-order valence-electron chi connectivity index (χ1n) is 3.63. The van der Waals surface area contributed by atoms with Crippen LogP contribution in [-0.2, 0) is 14.4 Å². The second-order valence-electron chi connectivity index (χ2n) is 3.05. The van der Waals surface area contributed by atoms with Gasteiger partial charge < -0.3 is 9.57 Å². The van der Waals surface area contributed by atoms with Crippen LogP contribution in [0, 0.1) is 0 Å². The molecule has 0 N–H and O–H groups in total. The van der Waals surface area contributed by atoms with Crippen molar-refractivity contribution in [3.8, 4) is 0 Å². The zero-order valence-corrected chi connectivity index (χ0v) is 7.33. The van der Waals surface area contributed by atoms with Gasteiger partial charge in [-0.3, -0.25) is 0 Å². The van der Waals surface area contributed by atoms with Crippen LogP contribution >= 0.6 is 0 Å². The van der Waals surface area contributed by atoms with Gasteiger partial charge in [0, 0.05) is 13.0 Å². The van der Waals surface area contributed by atoms with Gasteiger partial charge in [0.05, 0.1) is 0 Å². The Labute approximate surface area is 70.8 Å². The van der Waals surface area contributed by atoms with E-state index in [1.54, 1.807) is 6.08 Å². The van der Waals surface area contributed by atoms with Gasteiger partial charge in [-0.2, -0.15) is 0 Å². The Bertz CT molecular complexity index is 253. The van der Waals surface area contributed by atoms with E-state index in [-0.39, 0.29) is 5.60 Å². The van der Waals surface area contributed by atoms with Crippen molar-refractivity contribution in [2.75, 3.05) is 0 Å². The predicted molar refractivity (Wildman–Crippen MR) is 43.5 cm³/mol. The van der Waals surface area contributed by atoms with Crippen LogP contribution in [0.2, 0.25) is 0 Å². The lowest BCUT2D eigenvalue weighted by molar-refractivity contribution is -0.141. The highest BCUT2D eigenvalue weighted by atomic mass is 16.7. The maximum atomic E-state index is 10.4. The summed E-state index contributed by atoms with van der Waals surface area (Å²) in [6.07, 6.45) is 3.51. The predicted octanol–water partition coefficient (Wildman–Crippen LogP) is 1.23. The minimum atomic E-state index is -0.454. The lowest BCUT2D eigenvalue weighted by Gasteiger charge is -2.14. The highest BCUT2D eigenvalue weighted by Gasteiger charge is 2.23. The second kappa shape index (κ2) is 2.97. The van der Waals surface area contributed by atoms with Crippen LogP contribution < -0.4 is 0 Å². The second-order valence-corrected chi connectivity index (χ2v) is 3.05. The Morgan fingerprint density at radius 1 is 1.67 bits per heavy atom. The van der Waals surface area contributed by atoms with Crippen molar-refractivity contribution < 1.29 is 14.4 Å². The largest absolute Gasteiger partial charge is 0.465 e. The van der Waals surface area contributed by atoms with Gasteiger partial charge in [0.2, 0.25) is 0 Å². The quantitative estimate of drug-likeness (QED) is 0.438. The molecule has 0 spiro atoms. The van der Waals surface area contributed by atoms with E-state index in [4.69, 9.17) is 4.74 Å². The van der Waals surface area contributed by atoms with Gasteiger partial charge >= 0.3 is 5.97 Å². The Balaban J connectivity index is 2.54. The van der Waals surface area contributed by atoms with Crippen molar-refractivity contribution >= 4 is 11.9 Å². The van der Waals surface area contributed by atoms with E-state index in [1.807, 2.05) is 19.9 Å². The minimum absolute atomic E-state index is 0.329. The maximum absolute atomic E-state index is 10.4. The summed E-state index contributed by atoms with van der Waals surface area (Å²) < 4.78 is 5.26. The summed E-state index contributed by atoms with van der Waals surface area (Å²) in [5.74, 6) is -0.126. The summed E-state index contributed by atoms with van der Waals surface area (Å²) in [4.78, 5) is 14.7. The number of rotatable bonds is 1. The third-order valence-electron chi connectivity index (χ3n) is 1.26. The van der Waals surface area contributed by atoms with Crippen LogP contribution in [0.15, 0.2) is 17.3 Å². The van der Waals surface area contributed by atoms with Crippen LogP contribution in [0.4, 0.5) is 0 Å². The zero-order valence-electron chi connectivity index (χ0n) is 7.33. The molecule has 4 nitrogen and oxygen atoms in total. The number of hydrogen-bond donors (Lipinski definition) is 0. The topological polar surface area (TPSA) is 47.9 Å². The molecule has 4 heteroatoms. The average Bonchev–Trinajstić information content (AvgIpc) is 2.26. The standard InChI is InChI=1S/C8H11NO3/c1-6(10)12-9-7-4-5-8(2,3)11-7/h4-5H,1-3H3/b9-7-. The Morgan fingerprint density at radius 3 is 2.75 bits per heavy atom. The van der Waals surface area contributed by atoms with E-state index >= 15 is 0 Å². The molecule has 66 valence electrons. The molecule has 1 aliphatic rings. The molecule has 1 rings (SSSR count). The third kappa shape index (κ3) is 2.38. The molecule has 0 aliphatic carbocycles. The molecular weight excluding hydrogens is 158 g/mol. The Hall–Kier alpha value is -1.32. The van der Waals surface area contributed by atoms with E-state index < -0.39 is 5.97 Å². The van der Waals surface area contributed by atoms with Crippen LogP contribution in [0.5, 0.6) is 0 Å². The lowest BCUT2D eigenvalue weighted by atomic mass is 10.1. The van der Waals surface area contributed by atoms with Gasteiger partial charge in [0.25, 0.3) is 5.90 Å². The SMILES string of the molecule is CC(=O)O/N=C1/C=CC(C)(C)O1. The molecule has 0 aromatic heterocycles. The minimum Gasteiger partial charge on any atom is -0.465 e. The summed E-state index contributed by atoms with van der Waals surface area (Å²) >= 11 is 0. The van der Waals surface area contributed by atoms with E-state index in [0.717, 1.165) is 0 Å². The van der Waals surface area contributed by atoms with Crippen LogP contribution in [0.25, 0.3) is 0 Å². The molecule has 1 aliphatic heterocycles. The molecule has 0 aromatic carbocycles. The van der Waals surface area contributed by atoms with Crippen LogP contribution in [-0.4, -0.2) is 17.5 Å². The van der Waals surface area contributed by atoms with Gasteiger partial charge in [-0.15, -0.1) is 0 Å². The zero-order chi connectivity index (χ0) is 9.19. The molecule has 0 bridgehead atoms. The molecule has 0 amide bonds. The molecule has 1 heterocycles. The maximum Gasteiger partial charge on any atom is 0.332 e. The molecule has 0 radical (unpaired) electrons. The van der Waals surface area contributed by atoms with E-state index in [1.165, 1.54) is 6.92 Å². The van der Waals surface area contributed by atoms with E-state index in [0.29, 0.717) is 5.90 Å². The third-order valence-corrected chi connectivity index (χ3v) is 1.26. The first-order valence-corrected chi connectivity index (χ1v) is 3.63.